The van der Waals surface area contributed by atoms with E-state index in [0.717, 1.165) is 13.1 Å². The van der Waals surface area contributed by atoms with E-state index in [4.69, 9.17) is 0 Å². The lowest BCUT2D eigenvalue weighted by molar-refractivity contribution is -0.132. The van der Waals surface area contributed by atoms with Crippen LogP contribution in [0.25, 0.3) is 0 Å². The second-order valence-corrected chi connectivity index (χ2v) is 6.53. The third-order valence-electron chi connectivity index (χ3n) is 5.01. The van der Waals surface area contributed by atoms with Crippen LogP contribution in [0.4, 0.5) is 10.1 Å². The predicted molar refractivity (Wildman–Crippen MR) is 86.4 cm³/mol. The van der Waals surface area contributed by atoms with Gasteiger partial charge in [0.25, 0.3) is 0 Å². The van der Waals surface area contributed by atoms with E-state index in [1.165, 1.54) is 38.2 Å². The topological polar surface area (TPSA) is 23.6 Å². The summed E-state index contributed by atoms with van der Waals surface area (Å²) < 4.78 is 13.8. The molecule has 1 saturated carbocycles. The van der Waals surface area contributed by atoms with Crippen LogP contribution < -0.4 is 4.90 Å². The number of carbonyl (C=O) groups is 1. The number of rotatable bonds is 3. The first-order valence-corrected chi connectivity index (χ1v) is 8.51. The van der Waals surface area contributed by atoms with Crippen LogP contribution in [0.5, 0.6) is 0 Å². The molecule has 1 saturated heterocycles. The first-order chi connectivity index (χ1) is 10.7. The first-order valence-electron chi connectivity index (χ1n) is 8.51. The molecule has 1 amide bonds. The smallest absolute Gasteiger partial charge is 0.222 e. The van der Waals surface area contributed by atoms with Gasteiger partial charge in [-0.2, -0.15) is 0 Å². The number of anilines is 1. The first kappa shape index (κ1) is 15.3. The van der Waals surface area contributed by atoms with Crippen molar-refractivity contribution in [3.8, 4) is 0 Å². The molecule has 0 atom stereocenters. The number of amides is 1. The summed E-state index contributed by atoms with van der Waals surface area (Å²) >= 11 is 0. The molecule has 4 heteroatoms. The molecule has 0 spiro atoms. The van der Waals surface area contributed by atoms with Crippen molar-refractivity contribution in [1.82, 2.24) is 4.90 Å². The highest BCUT2D eigenvalue weighted by molar-refractivity contribution is 5.76. The molecule has 0 N–H and O–H groups in total. The summed E-state index contributed by atoms with van der Waals surface area (Å²) in [6, 6.07) is 6.88. The molecule has 2 fully saturated rings. The van der Waals surface area contributed by atoms with Crippen LogP contribution in [0.1, 0.15) is 38.5 Å². The standard InChI is InChI=1S/C18H25FN2O/c19-16-8-4-5-9-17(16)20-10-12-21(13-11-20)18(22)14-15-6-2-1-3-7-15/h4-5,8-9,15H,1-3,6-7,10-14H2. The zero-order valence-electron chi connectivity index (χ0n) is 13.1. The molecule has 0 aromatic heterocycles. The molecule has 0 radical (unpaired) electrons. The maximum atomic E-state index is 13.8. The summed E-state index contributed by atoms with van der Waals surface area (Å²) in [5.74, 6) is 0.704. The summed E-state index contributed by atoms with van der Waals surface area (Å²) in [5.41, 5.74) is 0.655. The lowest BCUT2D eigenvalue weighted by atomic mass is 9.86. The summed E-state index contributed by atoms with van der Waals surface area (Å²) in [7, 11) is 0. The van der Waals surface area contributed by atoms with E-state index in [1.807, 2.05) is 21.9 Å². The highest BCUT2D eigenvalue weighted by atomic mass is 19.1. The number of hydrogen-bond donors (Lipinski definition) is 0. The number of para-hydroxylation sites is 1. The Morgan fingerprint density at radius 1 is 1.05 bits per heavy atom. The van der Waals surface area contributed by atoms with Crippen molar-refractivity contribution in [3.63, 3.8) is 0 Å². The summed E-state index contributed by atoms with van der Waals surface area (Å²) in [6.45, 7) is 2.86. The Kier molecular flexibility index (Phi) is 4.96. The number of carbonyl (C=O) groups excluding carboxylic acids is 1. The van der Waals surface area contributed by atoms with Gasteiger partial charge >= 0.3 is 0 Å². The molecule has 1 aromatic rings. The van der Waals surface area contributed by atoms with E-state index in [2.05, 4.69) is 0 Å². The fourth-order valence-corrected chi connectivity index (χ4v) is 3.67. The van der Waals surface area contributed by atoms with Gasteiger partial charge in [-0.05, 0) is 30.9 Å². The minimum atomic E-state index is -0.176. The van der Waals surface area contributed by atoms with Crippen molar-refractivity contribution >= 4 is 11.6 Å². The highest BCUT2D eigenvalue weighted by Crippen LogP contribution is 2.27. The average Bonchev–Trinajstić information content (AvgIpc) is 2.56. The zero-order chi connectivity index (χ0) is 15.4. The van der Waals surface area contributed by atoms with Gasteiger partial charge in [0.05, 0.1) is 5.69 Å². The van der Waals surface area contributed by atoms with Gasteiger partial charge in [-0.3, -0.25) is 4.79 Å². The van der Waals surface area contributed by atoms with Gasteiger partial charge in [0.2, 0.25) is 5.91 Å². The van der Waals surface area contributed by atoms with Crippen molar-refractivity contribution in [3.05, 3.63) is 30.1 Å². The van der Waals surface area contributed by atoms with Crippen LogP contribution in [-0.2, 0) is 4.79 Å². The van der Waals surface area contributed by atoms with Crippen molar-refractivity contribution in [1.29, 1.82) is 0 Å². The van der Waals surface area contributed by atoms with Crippen molar-refractivity contribution < 1.29 is 9.18 Å². The Balaban J connectivity index is 1.51. The Morgan fingerprint density at radius 3 is 2.41 bits per heavy atom. The SMILES string of the molecule is O=C(CC1CCCCC1)N1CCN(c2ccccc2F)CC1. The second kappa shape index (κ2) is 7.12. The number of halogens is 1. The quantitative estimate of drug-likeness (QED) is 0.854. The zero-order valence-corrected chi connectivity index (χ0v) is 13.1. The van der Waals surface area contributed by atoms with Gasteiger partial charge in [0.1, 0.15) is 5.82 Å². The molecule has 2 aliphatic rings. The summed E-state index contributed by atoms with van der Waals surface area (Å²) in [6.07, 6.45) is 7.01. The fourth-order valence-electron chi connectivity index (χ4n) is 3.67. The average molecular weight is 304 g/mol. The number of hydrogen-bond acceptors (Lipinski definition) is 2. The number of nitrogens with zero attached hydrogens (tertiary/aromatic N) is 2. The molecule has 3 rings (SSSR count). The molecule has 1 aromatic carbocycles. The highest BCUT2D eigenvalue weighted by Gasteiger charge is 2.25. The maximum Gasteiger partial charge on any atom is 0.222 e. The van der Waals surface area contributed by atoms with Crippen molar-refractivity contribution in [2.75, 3.05) is 31.1 Å². The largest absolute Gasteiger partial charge is 0.366 e. The van der Waals surface area contributed by atoms with Crippen LogP contribution >= 0.6 is 0 Å². The monoisotopic (exact) mass is 304 g/mol. The Bertz CT molecular complexity index is 506. The minimum Gasteiger partial charge on any atom is -0.366 e. The van der Waals surface area contributed by atoms with Gasteiger partial charge in [-0.25, -0.2) is 4.39 Å². The molecule has 1 aliphatic heterocycles. The summed E-state index contributed by atoms with van der Waals surface area (Å²) in [4.78, 5) is 16.4. The van der Waals surface area contributed by atoms with Gasteiger partial charge in [-0.1, -0.05) is 31.4 Å². The predicted octanol–water partition coefficient (Wildman–Crippen LogP) is 3.44. The Labute approximate surface area is 132 Å². The second-order valence-electron chi connectivity index (χ2n) is 6.53. The number of benzene rings is 1. The normalized spacial score (nSPS) is 20.2. The van der Waals surface area contributed by atoms with Crippen LogP contribution in [0.2, 0.25) is 0 Å². The molecule has 1 aliphatic carbocycles. The van der Waals surface area contributed by atoms with E-state index in [1.54, 1.807) is 6.07 Å². The van der Waals surface area contributed by atoms with E-state index in [0.29, 0.717) is 37.0 Å². The molecule has 1 heterocycles. The van der Waals surface area contributed by atoms with E-state index in [-0.39, 0.29) is 5.82 Å². The summed E-state index contributed by atoms with van der Waals surface area (Å²) in [5, 5.41) is 0. The molecule has 3 nitrogen and oxygen atoms in total. The van der Waals surface area contributed by atoms with Crippen LogP contribution in [-0.4, -0.2) is 37.0 Å². The van der Waals surface area contributed by atoms with E-state index >= 15 is 0 Å². The lowest BCUT2D eigenvalue weighted by Crippen LogP contribution is -2.49. The lowest BCUT2D eigenvalue weighted by Gasteiger charge is -2.37. The van der Waals surface area contributed by atoms with Crippen LogP contribution in [0, 0.1) is 11.7 Å². The third kappa shape index (κ3) is 3.60. The van der Waals surface area contributed by atoms with Gasteiger partial charge in [-0.15, -0.1) is 0 Å². The fraction of sp³-hybridized carbons (Fsp3) is 0.611. The van der Waals surface area contributed by atoms with Crippen molar-refractivity contribution in [2.45, 2.75) is 38.5 Å². The van der Waals surface area contributed by atoms with Crippen LogP contribution in [0.15, 0.2) is 24.3 Å². The molecular formula is C18H25FN2O. The van der Waals surface area contributed by atoms with E-state index in [9.17, 15) is 9.18 Å². The minimum absolute atomic E-state index is 0.176. The van der Waals surface area contributed by atoms with Gasteiger partial charge < -0.3 is 9.80 Å². The van der Waals surface area contributed by atoms with Gasteiger partial charge in [0, 0.05) is 32.6 Å². The Hall–Kier alpha value is -1.58. The third-order valence-corrected chi connectivity index (χ3v) is 5.01. The van der Waals surface area contributed by atoms with E-state index < -0.39 is 0 Å². The maximum absolute atomic E-state index is 13.8. The number of piperazine rings is 1. The van der Waals surface area contributed by atoms with Gasteiger partial charge in [0.15, 0.2) is 0 Å². The Morgan fingerprint density at radius 2 is 1.73 bits per heavy atom. The molecular weight excluding hydrogens is 279 g/mol. The molecule has 22 heavy (non-hydrogen) atoms. The van der Waals surface area contributed by atoms with Crippen molar-refractivity contribution in [2.24, 2.45) is 5.92 Å². The molecule has 0 unspecified atom stereocenters. The van der Waals surface area contributed by atoms with Crippen LogP contribution in [0.3, 0.4) is 0 Å². The molecule has 0 bridgehead atoms. The molecule has 120 valence electrons.